The van der Waals surface area contributed by atoms with Crippen LogP contribution < -0.4 is 5.73 Å². The van der Waals surface area contributed by atoms with Gasteiger partial charge in [-0.2, -0.15) is 13.2 Å². The van der Waals surface area contributed by atoms with E-state index in [1.807, 2.05) is 0 Å². The summed E-state index contributed by atoms with van der Waals surface area (Å²) in [5, 5.41) is 0. The van der Waals surface area contributed by atoms with E-state index in [0.29, 0.717) is 4.47 Å². The van der Waals surface area contributed by atoms with Gasteiger partial charge in [-0.05, 0) is 22.0 Å². The lowest BCUT2D eigenvalue weighted by Gasteiger charge is -2.07. The van der Waals surface area contributed by atoms with Gasteiger partial charge in [-0.15, -0.1) is 0 Å². The van der Waals surface area contributed by atoms with Gasteiger partial charge >= 0.3 is 6.18 Å². The van der Waals surface area contributed by atoms with E-state index >= 15 is 0 Å². The minimum atomic E-state index is -4.65. The zero-order chi connectivity index (χ0) is 12.6. The first-order valence-corrected chi connectivity index (χ1v) is 5.12. The molecule has 2 heterocycles. The fourth-order valence-corrected chi connectivity index (χ4v) is 1.59. The second-order valence-electron chi connectivity index (χ2n) is 3.10. The second-order valence-corrected chi connectivity index (χ2v) is 3.95. The number of nitrogens with two attached hydrogens (primary N) is 1. The monoisotopic (exact) mass is 307 g/mol. The van der Waals surface area contributed by atoms with Crippen LogP contribution in [-0.2, 0) is 6.18 Å². The largest absolute Gasteiger partial charge is 0.461 e. The standard InChI is InChI=1S/C9H5BrF3N3O/c10-4-1-2-17-7(4)5-3-6(14)16-8(15-5)9(11,12)13/h1-3H,(H2,14,15,16). The van der Waals surface area contributed by atoms with E-state index in [4.69, 9.17) is 10.2 Å². The summed E-state index contributed by atoms with van der Waals surface area (Å²) < 4.78 is 42.9. The van der Waals surface area contributed by atoms with Crippen LogP contribution in [0, 0.1) is 0 Å². The summed E-state index contributed by atoms with van der Waals surface area (Å²) in [6, 6.07) is 2.75. The molecule has 0 saturated carbocycles. The van der Waals surface area contributed by atoms with Crippen molar-refractivity contribution in [2.45, 2.75) is 6.18 Å². The van der Waals surface area contributed by atoms with Gasteiger partial charge in [0.2, 0.25) is 5.82 Å². The third-order valence-corrected chi connectivity index (χ3v) is 2.47. The molecule has 0 aliphatic rings. The SMILES string of the molecule is Nc1cc(-c2occc2Br)nc(C(F)(F)F)n1. The Morgan fingerprint density at radius 1 is 1.29 bits per heavy atom. The van der Waals surface area contributed by atoms with Gasteiger partial charge in [0.15, 0.2) is 5.76 Å². The van der Waals surface area contributed by atoms with E-state index in [0.717, 1.165) is 0 Å². The van der Waals surface area contributed by atoms with E-state index in [-0.39, 0.29) is 17.3 Å². The number of aromatic nitrogens is 2. The molecule has 90 valence electrons. The molecule has 0 aliphatic carbocycles. The fourth-order valence-electron chi connectivity index (χ4n) is 1.19. The maximum absolute atomic E-state index is 12.5. The Morgan fingerprint density at radius 3 is 2.53 bits per heavy atom. The van der Waals surface area contributed by atoms with Crippen molar-refractivity contribution in [2.24, 2.45) is 0 Å². The van der Waals surface area contributed by atoms with Gasteiger partial charge in [0.1, 0.15) is 11.5 Å². The van der Waals surface area contributed by atoms with Crippen molar-refractivity contribution in [1.82, 2.24) is 9.97 Å². The number of nitrogens with zero attached hydrogens (tertiary/aromatic N) is 2. The van der Waals surface area contributed by atoms with Crippen LogP contribution in [0.25, 0.3) is 11.5 Å². The fraction of sp³-hybridized carbons (Fsp3) is 0.111. The Morgan fingerprint density at radius 2 is 2.00 bits per heavy atom. The lowest BCUT2D eigenvalue weighted by molar-refractivity contribution is -0.144. The van der Waals surface area contributed by atoms with E-state index < -0.39 is 12.0 Å². The third kappa shape index (κ3) is 2.41. The molecular weight excluding hydrogens is 303 g/mol. The number of rotatable bonds is 1. The van der Waals surface area contributed by atoms with Crippen molar-refractivity contribution in [3.05, 3.63) is 28.7 Å². The molecular formula is C9H5BrF3N3O. The van der Waals surface area contributed by atoms with E-state index in [2.05, 4.69) is 25.9 Å². The highest BCUT2D eigenvalue weighted by Crippen LogP contribution is 2.32. The van der Waals surface area contributed by atoms with Crippen molar-refractivity contribution in [3.8, 4) is 11.5 Å². The molecule has 0 aromatic carbocycles. The van der Waals surface area contributed by atoms with Crippen molar-refractivity contribution in [2.75, 3.05) is 5.73 Å². The highest BCUT2D eigenvalue weighted by atomic mass is 79.9. The van der Waals surface area contributed by atoms with Crippen LogP contribution in [0.15, 0.2) is 27.3 Å². The van der Waals surface area contributed by atoms with Crippen molar-refractivity contribution < 1.29 is 17.6 Å². The maximum Gasteiger partial charge on any atom is 0.451 e. The first-order valence-electron chi connectivity index (χ1n) is 4.33. The van der Waals surface area contributed by atoms with Crippen molar-refractivity contribution in [1.29, 1.82) is 0 Å². The first-order chi connectivity index (χ1) is 7.88. The number of halogens is 4. The van der Waals surface area contributed by atoms with Crippen LogP contribution in [0.4, 0.5) is 19.0 Å². The van der Waals surface area contributed by atoms with E-state index in [1.54, 1.807) is 6.07 Å². The molecule has 4 nitrogen and oxygen atoms in total. The van der Waals surface area contributed by atoms with Crippen molar-refractivity contribution in [3.63, 3.8) is 0 Å². The molecule has 2 rings (SSSR count). The topological polar surface area (TPSA) is 64.9 Å². The van der Waals surface area contributed by atoms with Crippen LogP contribution in [-0.4, -0.2) is 9.97 Å². The number of nitrogen functional groups attached to an aromatic ring is 1. The maximum atomic E-state index is 12.5. The summed E-state index contributed by atoms with van der Waals surface area (Å²) in [7, 11) is 0. The molecule has 0 unspecified atom stereocenters. The van der Waals surface area contributed by atoms with Gasteiger partial charge in [-0.3, -0.25) is 0 Å². The zero-order valence-electron chi connectivity index (χ0n) is 8.12. The Kier molecular flexibility index (Phi) is 2.82. The zero-order valence-corrected chi connectivity index (χ0v) is 9.71. The predicted molar refractivity (Wildman–Crippen MR) is 56.8 cm³/mol. The molecule has 17 heavy (non-hydrogen) atoms. The number of alkyl halides is 3. The van der Waals surface area contributed by atoms with Crippen molar-refractivity contribution >= 4 is 21.7 Å². The summed E-state index contributed by atoms with van der Waals surface area (Å²) in [5.74, 6) is -1.40. The van der Waals surface area contributed by atoms with Crippen LogP contribution in [0.3, 0.4) is 0 Å². The van der Waals surface area contributed by atoms with Crippen LogP contribution in [0.2, 0.25) is 0 Å². The van der Waals surface area contributed by atoms with E-state index in [9.17, 15) is 13.2 Å². The predicted octanol–water partition coefficient (Wildman–Crippen LogP) is 3.10. The molecule has 2 N–H and O–H groups in total. The Balaban J connectivity index is 2.57. The van der Waals surface area contributed by atoms with Gasteiger partial charge in [-0.25, -0.2) is 9.97 Å². The van der Waals surface area contributed by atoms with Gasteiger partial charge in [0.25, 0.3) is 0 Å². The number of anilines is 1. The normalized spacial score (nSPS) is 11.8. The van der Waals surface area contributed by atoms with Crippen LogP contribution in [0.5, 0.6) is 0 Å². The lowest BCUT2D eigenvalue weighted by Crippen LogP contribution is -2.12. The Hall–Kier alpha value is -1.57. The highest BCUT2D eigenvalue weighted by molar-refractivity contribution is 9.10. The smallest absolute Gasteiger partial charge is 0.451 e. The van der Waals surface area contributed by atoms with Crippen LogP contribution >= 0.6 is 15.9 Å². The summed E-state index contributed by atoms with van der Waals surface area (Å²) in [5.41, 5.74) is 5.28. The first kappa shape index (κ1) is 11.9. The molecule has 0 atom stereocenters. The average Bonchev–Trinajstić information content (AvgIpc) is 2.62. The van der Waals surface area contributed by atoms with Gasteiger partial charge in [0, 0.05) is 6.07 Å². The third-order valence-electron chi connectivity index (χ3n) is 1.85. The summed E-state index contributed by atoms with van der Waals surface area (Å²) in [6.07, 6.45) is -3.33. The average molecular weight is 308 g/mol. The number of furan rings is 1. The molecule has 0 amide bonds. The lowest BCUT2D eigenvalue weighted by atomic mass is 10.3. The number of hydrogen-bond acceptors (Lipinski definition) is 4. The molecule has 2 aromatic heterocycles. The molecule has 2 aromatic rings. The van der Waals surface area contributed by atoms with Crippen LogP contribution in [0.1, 0.15) is 5.82 Å². The molecule has 0 fully saturated rings. The molecule has 0 aliphatic heterocycles. The quantitative estimate of drug-likeness (QED) is 0.879. The second kappa shape index (κ2) is 4.02. The van der Waals surface area contributed by atoms with Gasteiger partial charge in [0.05, 0.1) is 10.7 Å². The minimum Gasteiger partial charge on any atom is -0.461 e. The minimum absolute atomic E-state index is 0.0262. The molecule has 0 saturated heterocycles. The van der Waals surface area contributed by atoms with Gasteiger partial charge < -0.3 is 10.2 Å². The Bertz CT molecular complexity index is 553. The molecule has 0 spiro atoms. The summed E-state index contributed by atoms with van der Waals surface area (Å²) >= 11 is 3.13. The molecule has 8 heteroatoms. The molecule has 0 radical (unpaired) electrons. The van der Waals surface area contributed by atoms with E-state index in [1.165, 1.54) is 12.3 Å². The Labute approximate surface area is 102 Å². The molecule has 0 bridgehead atoms. The number of hydrogen-bond donors (Lipinski definition) is 1. The summed E-state index contributed by atoms with van der Waals surface area (Å²) in [4.78, 5) is 6.50. The summed E-state index contributed by atoms with van der Waals surface area (Å²) in [6.45, 7) is 0. The van der Waals surface area contributed by atoms with Gasteiger partial charge in [-0.1, -0.05) is 0 Å². The highest BCUT2D eigenvalue weighted by Gasteiger charge is 2.35.